The number of nitrogens with zero attached hydrogens (tertiary/aromatic N) is 2. The van der Waals surface area contributed by atoms with Crippen molar-refractivity contribution in [2.24, 2.45) is 10.7 Å². The molecule has 3 nitrogen and oxygen atoms in total. The topological polar surface area (TPSA) is 41.6 Å². The number of hydrogen-bond acceptors (Lipinski definition) is 1. The van der Waals surface area contributed by atoms with Gasteiger partial charge in [-0.05, 0) is 36.6 Å². The number of rotatable bonds is 2. The van der Waals surface area contributed by atoms with E-state index >= 15 is 0 Å². The average Bonchev–Trinajstić information content (AvgIpc) is 2.17. The first-order valence-corrected chi connectivity index (χ1v) is 6.26. The summed E-state index contributed by atoms with van der Waals surface area (Å²) in [4.78, 5) is 6.52. The minimum absolute atomic E-state index is 0.660. The molecule has 16 heavy (non-hydrogen) atoms. The van der Waals surface area contributed by atoms with Crippen LogP contribution in [-0.4, -0.2) is 23.9 Å². The maximum atomic E-state index is 5.88. The maximum absolute atomic E-state index is 5.88. The van der Waals surface area contributed by atoms with E-state index in [1.165, 1.54) is 17.5 Å². The number of benzene rings is 1. The molecular weight excluding hydrogens is 266 g/mol. The Kier molecular flexibility index (Phi) is 3.49. The average molecular weight is 282 g/mol. The molecule has 0 unspecified atom stereocenters. The summed E-state index contributed by atoms with van der Waals surface area (Å²) in [5.74, 6) is 0.672. The quantitative estimate of drug-likeness (QED) is 0.668. The molecule has 1 aliphatic rings. The van der Waals surface area contributed by atoms with E-state index in [0.717, 1.165) is 17.6 Å². The first-order chi connectivity index (χ1) is 7.66. The number of aliphatic imine (C=N–C) groups is 1. The van der Waals surface area contributed by atoms with Crippen LogP contribution in [0.1, 0.15) is 17.5 Å². The second-order valence-corrected chi connectivity index (χ2v) is 5.00. The summed E-state index contributed by atoms with van der Waals surface area (Å²) >= 11 is 3.47. The van der Waals surface area contributed by atoms with E-state index in [4.69, 9.17) is 5.73 Å². The van der Waals surface area contributed by atoms with Crippen molar-refractivity contribution in [2.45, 2.75) is 19.9 Å². The molecule has 0 spiro atoms. The van der Waals surface area contributed by atoms with Crippen LogP contribution in [0.4, 0.5) is 0 Å². The standard InChI is InChI=1S/C12H16BrN3/c1-9-3-4-11(13)7-10(9)8-15-12(14)16-5-2-6-16/h3-4,7H,2,5-6,8H2,1H3,(H2,14,15). The lowest BCUT2D eigenvalue weighted by Crippen LogP contribution is -2.46. The van der Waals surface area contributed by atoms with Crippen molar-refractivity contribution in [3.05, 3.63) is 33.8 Å². The van der Waals surface area contributed by atoms with Crippen molar-refractivity contribution in [2.75, 3.05) is 13.1 Å². The van der Waals surface area contributed by atoms with E-state index in [1.807, 2.05) is 6.07 Å². The minimum Gasteiger partial charge on any atom is -0.370 e. The van der Waals surface area contributed by atoms with Crippen LogP contribution >= 0.6 is 15.9 Å². The van der Waals surface area contributed by atoms with Crippen LogP contribution in [0.3, 0.4) is 0 Å². The molecular formula is C12H16BrN3. The molecule has 1 saturated heterocycles. The molecule has 0 amide bonds. The monoisotopic (exact) mass is 281 g/mol. The van der Waals surface area contributed by atoms with Gasteiger partial charge in [0, 0.05) is 17.6 Å². The summed E-state index contributed by atoms with van der Waals surface area (Å²) in [6.07, 6.45) is 1.23. The highest BCUT2D eigenvalue weighted by Gasteiger charge is 2.15. The van der Waals surface area contributed by atoms with Gasteiger partial charge in [0.15, 0.2) is 5.96 Å². The fourth-order valence-electron chi connectivity index (χ4n) is 1.62. The van der Waals surface area contributed by atoms with Crippen molar-refractivity contribution in [3.8, 4) is 0 Å². The lowest BCUT2D eigenvalue weighted by Gasteiger charge is -2.31. The van der Waals surface area contributed by atoms with E-state index < -0.39 is 0 Å². The number of nitrogens with two attached hydrogens (primary N) is 1. The van der Waals surface area contributed by atoms with E-state index in [2.05, 4.69) is 44.9 Å². The van der Waals surface area contributed by atoms with Crippen LogP contribution in [-0.2, 0) is 6.54 Å². The van der Waals surface area contributed by atoms with E-state index in [1.54, 1.807) is 0 Å². The first kappa shape index (κ1) is 11.5. The molecule has 2 rings (SSSR count). The van der Waals surface area contributed by atoms with E-state index in [-0.39, 0.29) is 0 Å². The SMILES string of the molecule is Cc1ccc(Br)cc1CN=C(N)N1CCC1. The Balaban J connectivity index is 2.05. The Labute approximate surface area is 104 Å². The van der Waals surface area contributed by atoms with Crippen molar-refractivity contribution in [1.82, 2.24) is 4.90 Å². The zero-order valence-electron chi connectivity index (χ0n) is 9.41. The van der Waals surface area contributed by atoms with Gasteiger partial charge in [0.1, 0.15) is 0 Å². The van der Waals surface area contributed by atoms with Gasteiger partial charge in [-0.3, -0.25) is 0 Å². The van der Waals surface area contributed by atoms with E-state index in [9.17, 15) is 0 Å². The second kappa shape index (κ2) is 4.87. The molecule has 2 N–H and O–H groups in total. The van der Waals surface area contributed by atoms with Gasteiger partial charge >= 0.3 is 0 Å². The zero-order valence-corrected chi connectivity index (χ0v) is 11.0. The third-order valence-corrected chi connectivity index (χ3v) is 3.40. The Morgan fingerprint density at radius 2 is 2.25 bits per heavy atom. The molecule has 0 radical (unpaired) electrons. The van der Waals surface area contributed by atoms with Crippen LogP contribution in [0, 0.1) is 6.92 Å². The number of likely N-dealkylation sites (tertiary alicyclic amines) is 1. The van der Waals surface area contributed by atoms with Crippen LogP contribution in [0.5, 0.6) is 0 Å². The molecule has 1 aromatic carbocycles. The minimum atomic E-state index is 0.660. The van der Waals surface area contributed by atoms with Gasteiger partial charge in [-0.1, -0.05) is 22.0 Å². The van der Waals surface area contributed by atoms with Crippen molar-refractivity contribution in [1.29, 1.82) is 0 Å². The third kappa shape index (κ3) is 2.55. The van der Waals surface area contributed by atoms with Gasteiger partial charge in [-0.25, -0.2) is 4.99 Å². The number of hydrogen-bond donors (Lipinski definition) is 1. The first-order valence-electron chi connectivity index (χ1n) is 5.47. The molecule has 1 aromatic rings. The fraction of sp³-hybridized carbons (Fsp3) is 0.417. The Bertz CT molecular complexity index is 411. The van der Waals surface area contributed by atoms with E-state index in [0.29, 0.717) is 12.5 Å². The Hall–Kier alpha value is -1.03. The van der Waals surface area contributed by atoms with Crippen LogP contribution in [0.25, 0.3) is 0 Å². The Morgan fingerprint density at radius 3 is 2.88 bits per heavy atom. The van der Waals surface area contributed by atoms with Gasteiger partial charge < -0.3 is 10.6 Å². The summed E-state index contributed by atoms with van der Waals surface area (Å²) in [7, 11) is 0. The Morgan fingerprint density at radius 1 is 1.50 bits per heavy atom. The molecule has 1 fully saturated rings. The van der Waals surface area contributed by atoms with Gasteiger partial charge in [0.25, 0.3) is 0 Å². The lowest BCUT2D eigenvalue weighted by atomic mass is 10.1. The van der Waals surface area contributed by atoms with Crippen LogP contribution < -0.4 is 5.73 Å². The zero-order chi connectivity index (χ0) is 11.5. The summed E-state index contributed by atoms with van der Waals surface area (Å²) in [5.41, 5.74) is 8.35. The predicted octanol–water partition coefficient (Wildman–Crippen LogP) is 2.28. The molecule has 0 aliphatic carbocycles. The van der Waals surface area contributed by atoms with Crippen molar-refractivity contribution in [3.63, 3.8) is 0 Å². The molecule has 4 heteroatoms. The second-order valence-electron chi connectivity index (χ2n) is 4.09. The van der Waals surface area contributed by atoms with Crippen LogP contribution in [0.15, 0.2) is 27.7 Å². The van der Waals surface area contributed by atoms with Gasteiger partial charge in [-0.15, -0.1) is 0 Å². The van der Waals surface area contributed by atoms with Gasteiger partial charge in [0.05, 0.1) is 6.54 Å². The van der Waals surface area contributed by atoms with Gasteiger partial charge in [-0.2, -0.15) is 0 Å². The summed E-state index contributed by atoms with van der Waals surface area (Å²) in [5, 5.41) is 0. The molecule has 1 heterocycles. The summed E-state index contributed by atoms with van der Waals surface area (Å²) in [6, 6.07) is 6.23. The summed E-state index contributed by atoms with van der Waals surface area (Å²) < 4.78 is 1.09. The maximum Gasteiger partial charge on any atom is 0.191 e. The normalized spacial score (nSPS) is 16.1. The van der Waals surface area contributed by atoms with Crippen molar-refractivity contribution >= 4 is 21.9 Å². The molecule has 0 saturated carbocycles. The van der Waals surface area contributed by atoms with Gasteiger partial charge in [0.2, 0.25) is 0 Å². The lowest BCUT2D eigenvalue weighted by molar-refractivity contribution is 0.295. The molecule has 0 atom stereocenters. The number of aryl methyl sites for hydroxylation is 1. The smallest absolute Gasteiger partial charge is 0.191 e. The number of halogens is 1. The highest BCUT2D eigenvalue weighted by atomic mass is 79.9. The molecule has 1 aliphatic heterocycles. The summed E-state index contributed by atoms with van der Waals surface area (Å²) in [6.45, 7) is 4.85. The highest BCUT2D eigenvalue weighted by molar-refractivity contribution is 9.10. The highest BCUT2D eigenvalue weighted by Crippen LogP contribution is 2.17. The number of guanidine groups is 1. The van der Waals surface area contributed by atoms with Crippen molar-refractivity contribution < 1.29 is 0 Å². The third-order valence-electron chi connectivity index (χ3n) is 2.90. The molecule has 86 valence electrons. The molecule has 0 bridgehead atoms. The van der Waals surface area contributed by atoms with Crippen LogP contribution in [0.2, 0.25) is 0 Å². The fourth-order valence-corrected chi connectivity index (χ4v) is 2.03. The largest absolute Gasteiger partial charge is 0.370 e. The molecule has 0 aromatic heterocycles. The predicted molar refractivity (Wildman–Crippen MR) is 70.4 cm³/mol.